The van der Waals surface area contributed by atoms with Crippen LogP contribution in [0.15, 0.2) is 59.1 Å². The molecule has 0 aliphatic heterocycles. The number of allylic oxidation sites excluding steroid dienone is 1. The fourth-order valence-electron chi connectivity index (χ4n) is 2.10. The molecule has 23 heavy (non-hydrogen) atoms. The minimum Gasteiger partial charge on any atom is -0.494 e. The van der Waals surface area contributed by atoms with Crippen LogP contribution in [-0.4, -0.2) is 11.6 Å². The van der Waals surface area contributed by atoms with Crippen molar-refractivity contribution in [1.29, 1.82) is 5.26 Å². The van der Waals surface area contributed by atoms with Gasteiger partial charge in [-0.15, -0.1) is 0 Å². The van der Waals surface area contributed by atoms with Crippen LogP contribution in [0.25, 0.3) is 16.7 Å². The van der Waals surface area contributed by atoms with Crippen LogP contribution in [0.1, 0.15) is 12.8 Å². The van der Waals surface area contributed by atoms with Gasteiger partial charge in [-0.1, -0.05) is 12.1 Å². The molecule has 0 spiro atoms. The van der Waals surface area contributed by atoms with Gasteiger partial charge in [-0.3, -0.25) is 0 Å². The Morgan fingerprint density at radius 3 is 2.74 bits per heavy atom. The molecule has 0 bridgehead atoms. The summed E-state index contributed by atoms with van der Waals surface area (Å²) in [5.41, 5.74) is 2.56. The van der Waals surface area contributed by atoms with Gasteiger partial charge in [-0.25, -0.2) is 4.98 Å². The second-order valence-electron chi connectivity index (χ2n) is 4.76. The van der Waals surface area contributed by atoms with Gasteiger partial charge in [0, 0.05) is 11.9 Å². The zero-order chi connectivity index (χ0) is 16.1. The van der Waals surface area contributed by atoms with E-state index in [-0.39, 0.29) is 0 Å². The van der Waals surface area contributed by atoms with E-state index in [4.69, 9.17) is 9.15 Å². The van der Waals surface area contributed by atoms with Gasteiger partial charge in [-0.2, -0.15) is 5.26 Å². The monoisotopic (exact) mass is 305 g/mol. The quantitative estimate of drug-likeness (QED) is 0.715. The summed E-state index contributed by atoms with van der Waals surface area (Å²) in [6.07, 6.45) is 1.58. The Morgan fingerprint density at radius 1 is 1.26 bits per heavy atom. The van der Waals surface area contributed by atoms with Crippen LogP contribution in [0.3, 0.4) is 0 Å². The topological polar surface area (TPSA) is 71.1 Å². The van der Waals surface area contributed by atoms with E-state index in [0.29, 0.717) is 23.7 Å². The fourth-order valence-corrected chi connectivity index (χ4v) is 2.10. The molecule has 0 radical (unpaired) electrons. The number of nitriles is 1. The zero-order valence-corrected chi connectivity index (χ0v) is 12.6. The molecule has 0 saturated heterocycles. The molecule has 2 aromatic carbocycles. The Bertz CT molecular complexity index is 840. The summed E-state index contributed by atoms with van der Waals surface area (Å²) in [6, 6.07) is 17.0. The third kappa shape index (κ3) is 3.33. The first kappa shape index (κ1) is 14.7. The largest absolute Gasteiger partial charge is 0.494 e. The molecule has 0 aliphatic rings. The number of fused-ring (bicyclic) bond motifs is 1. The van der Waals surface area contributed by atoms with Crippen LogP contribution in [0.2, 0.25) is 0 Å². The zero-order valence-electron chi connectivity index (χ0n) is 12.6. The highest BCUT2D eigenvalue weighted by Crippen LogP contribution is 2.21. The first-order chi connectivity index (χ1) is 11.3. The lowest BCUT2D eigenvalue weighted by molar-refractivity contribution is 0.340. The average Bonchev–Trinajstić information content (AvgIpc) is 3.01. The van der Waals surface area contributed by atoms with E-state index < -0.39 is 0 Å². The van der Waals surface area contributed by atoms with Crippen molar-refractivity contribution in [3.8, 4) is 11.8 Å². The molecular weight excluding hydrogens is 290 g/mol. The van der Waals surface area contributed by atoms with E-state index in [0.717, 1.165) is 17.0 Å². The summed E-state index contributed by atoms with van der Waals surface area (Å²) in [5.74, 6) is 1.11. The Kier molecular flexibility index (Phi) is 4.25. The fraction of sp³-hybridized carbons (Fsp3) is 0.111. The molecule has 3 aromatic rings. The predicted molar refractivity (Wildman–Crippen MR) is 88.8 cm³/mol. The van der Waals surface area contributed by atoms with Gasteiger partial charge in [0.2, 0.25) is 5.89 Å². The van der Waals surface area contributed by atoms with Crippen LogP contribution in [0, 0.1) is 11.3 Å². The van der Waals surface area contributed by atoms with Gasteiger partial charge in [0.15, 0.2) is 5.58 Å². The summed E-state index contributed by atoms with van der Waals surface area (Å²) in [5, 5.41) is 12.4. The number of para-hydroxylation sites is 2. The van der Waals surface area contributed by atoms with E-state index >= 15 is 0 Å². The molecular formula is C18H15N3O2. The van der Waals surface area contributed by atoms with Crippen LogP contribution in [0.5, 0.6) is 5.75 Å². The van der Waals surface area contributed by atoms with Crippen molar-refractivity contribution in [1.82, 2.24) is 4.98 Å². The summed E-state index contributed by atoms with van der Waals surface area (Å²) in [6.45, 7) is 2.57. The average molecular weight is 305 g/mol. The van der Waals surface area contributed by atoms with Gasteiger partial charge in [0.25, 0.3) is 0 Å². The second kappa shape index (κ2) is 6.67. The number of anilines is 1. The van der Waals surface area contributed by atoms with E-state index in [2.05, 4.69) is 16.4 Å². The number of nitrogens with zero attached hydrogens (tertiary/aromatic N) is 2. The van der Waals surface area contributed by atoms with Gasteiger partial charge in [-0.05, 0) is 43.3 Å². The van der Waals surface area contributed by atoms with E-state index in [1.165, 1.54) is 0 Å². The van der Waals surface area contributed by atoms with Gasteiger partial charge >= 0.3 is 0 Å². The minimum atomic E-state index is 0.298. The predicted octanol–water partition coefficient (Wildman–Crippen LogP) is 4.20. The third-order valence-corrected chi connectivity index (χ3v) is 3.19. The van der Waals surface area contributed by atoms with E-state index in [1.807, 2.05) is 55.5 Å². The number of nitrogens with one attached hydrogen (secondary N) is 1. The Morgan fingerprint density at radius 2 is 2.04 bits per heavy atom. The van der Waals surface area contributed by atoms with Crippen LogP contribution >= 0.6 is 0 Å². The molecule has 3 rings (SSSR count). The maximum absolute atomic E-state index is 9.32. The highest BCUT2D eigenvalue weighted by Gasteiger charge is 2.10. The molecule has 1 heterocycles. The lowest BCUT2D eigenvalue weighted by atomic mass is 10.3. The van der Waals surface area contributed by atoms with Gasteiger partial charge in [0.05, 0.1) is 6.61 Å². The Hall–Kier alpha value is -3.26. The van der Waals surface area contributed by atoms with Crippen molar-refractivity contribution in [2.45, 2.75) is 6.92 Å². The molecule has 0 atom stereocenters. The molecule has 0 amide bonds. The highest BCUT2D eigenvalue weighted by atomic mass is 16.5. The van der Waals surface area contributed by atoms with Gasteiger partial charge < -0.3 is 14.5 Å². The molecule has 5 nitrogen and oxygen atoms in total. The standard InChI is InChI=1S/C18H15N3O2/c1-2-22-15-9-7-14(8-10-15)20-12-13(11-19)18-21-16-5-3-4-6-17(16)23-18/h3-10,12,20H,2H2,1H3. The Labute approximate surface area is 133 Å². The smallest absolute Gasteiger partial charge is 0.239 e. The molecule has 0 aliphatic carbocycles. The minimum absolute atomic E-state index is 0.298. The number of rotatable bonds is 5. The summed E-state index contributed by atoms with van der Waals surface area (Å²) < 4.78 is 11.0. The molecule has 0 saturated carbocycles. The SMILES string of the molecule is CCOc1ccc(NC=C(C#N)c2nc3ccccc3o2)cc1. The summed E-state index contributed by atoms with van der Waals surface area (Å²) >= 11 is 0. The summed E-state index contributed by atoms with van der Waals surface area (Å²) in [4.78, 5) is 4.32. The maximum Gasteiger partial charge on any atom is 0.239 e. The molecule has 1 N–H and O–H groups in total. The number of aromatic nitrogens is 1. The van der Waals surface area contributed by atoms with Crippen molar-refractivity contribution in [2.24, 2.45) is 0 Å². The van der Waals surface area contributed by atoms with E-state index in [9.17, 15) is 5.26 Å². The number of ether oxygens (including phenoxy) is 1. The Balaban J connectivity index is 1.80. The normalized spacial score (nSPS) is 11.2. The molecule has 114 valence electrons. The number of oxazole rings is 1. The lowest BCUT2D eigenvalue weighted by Gasteiger charge is -2.04. The van der Waals surface area contributed by atoms with Crippen molar-refractivity contribution < 1.29 is 9.15 Å². The molecule has 0 unspecified atom stereocenters. The molecule has 1 aromatic heterocycles. The van der Waals surface area contributed by atoms with Crippen molar-refractivity contribution in [3.05, 3.63) is 60.6 Å². The van der Waals surface area contributed by atoms with E-state index in [1.54, 1.807) is 6.20 Å². The molecule has 0 fully saturated rings. The maximum atomic E-state index is 9.32. The second-order valence-corrected chi connectivity index (χ2v) is 4.76. The number of hydrogen-bond donors (Lipinski definition) is 1. The first-order valence-corrected chi connectivity index (χ1v) is 7.26. The number of benzene rings is 2. The van der Waals surface area contributed by atoms with Crippen LogP contribution in [-0.2, 0) is 0 Å². The van der Waals surface area contributed by atoms with Crippen molar-refractivity contribution >= 4 is 22.4 Å². The first-order valence-electron chi connectivity index (χ1n) is 7.26. The third-order valence-electron chi connectivity index (χ3n) is 3.19. The van der Waals surface area contributed by atoms with Crippen LogP contribution < -0.4 is 10.1 Å². The van der Waals surface area contributed by atoms with Crippen molar-refractivity contribution in [2.75, 3.05) is 11.9 Å². The lowest BCUT2D eigenvalue weighted by Crippen LogP contribution is -1.93. The number of hydrogen-bond acceptors (Lipinski definition) is 5. The molecule has 5 heteroatoms. The highest BCUT2D eigenvalue weighted by molar-refractivity contribution is 5.80. The van der Waals surface area contributed by atoms with Crippen LogP contribution in [0.4, 0.5) is 5.69 Å². The van der Waals surface area contributed by atoms with Gasteiger partial charge in [0.1, 0.15) is 22.9 Å². The summed E-state index contributed by atoms with van der Waals surface area (Å²) in [7, 11) is 0. The van der Waals surface area contributed by atoms with Crippen molar-refractivity contribution in [3.63, 3.8) is 0 Å².